The Hall–Kier alpha value is -0.450. The molecule has 0 radical (unpaired) electrons. The minimum absolute atomic E-state index is 0.282. The molecule has 0 aromatic carbocycles. The van der Waals surface area contributed by atoms with Gasteiger partial charge < -0.3 is 15.3 Å². The van der Waals surface area contributed by atoms with Crippen LogP contribution >= 0.6 is 0 Å². The van der Waals surface area contributed by atoms with Crippen molar-refractivity contribution < 1.29 is 20.1 Å². The number of carbonyl (C=O) groups is 1. The molecule has 0 spiro atoms. The van der Waals surface area contributed by atoms with Crippen LogP contribution in [0.5, 0.6) is 0 Å². The second kappa shape index (κ2) is 21.4. The van der Waals surface area contributed by atoms with Gasteiger partial charge in [-0.25, -0.2) is 0 Å². The Morgan fingerprint density at radius 1 is 0.645 bits per heavy atom. The van der Waals surface area contributed by atoms with Gasteiger partial charge in [-0.15, -0.1) is 0 Å². The largest absolute Gasteiger partial charge is 0.393 e. The highest BCUT2D eigenvalue weighted by molar-refractivity contribution is 5.84. The molecule has 0 aromatic rings. The molecule has 0 saturated heterocycles. The number of hydrogen-bond acceptors (Lipinski definition) is 4. The topological polar surface area (TPSA) is 77.8 Å². The van der Waals surface area contributed by atoms with Crippen molar-refractivity contribution in [3.05, 3.63) is 0 Å². The number of aliphatic hydroxyl groups excluding tert-OH is 2. The van der Waals surface area contributed by atoms with Crippen molar-refractivity contribution in [2.45, 2.75) is 160 Å². The third-order valence-corrected chi connectivity index (χ3v) is 6.58. The van der Waals surface area contributed by atoms with E-state index in [9.17, 15) is 20.1 Å². The minimum Gasteiger partial charge on any atom is -0.393 e. The maximum absolute atomic E-state index is 12.2. The zero-order chi connectivity index (χ0) is 23.2. The zero-order valence-electron chi connectivity index (χ0n) is 20.9. The van der Waals surface area contributed by atoms with Gasteiger partial charge in [0.2, 0.25) is 0 Å². The molecule has 3 N–H and O–H groups in total. The van der Waals surface area contributed by atoms with Gasteiger partial charge in [0.05, 0.1) is 6.61 Å². The van der Waals surface area contributed by atoms with E-state index in [1.54, 1.807) is 0 Å². The Morgan fingerprint density at radius 3 is 1.39 bits per heavy atom. The quantitative estimate of drug-likeness (QED) is 0.142. The number of aliphatic hydroxyl groups is 3. The monoisotopic (exact) mass is 442 g/mol. The molecule has 2 unspecified atom stereocenters. The first-order valence-corrected chi connectivity index (χ1v) is 13.6. The summed E-state index contributed by atoms with van der Waals surface area (Å²) in [6.45, 7) is 3.84. The second-order valence-electron chi connectivity index (χ2n) is 9.64. The lowest BCUT2D eigenvalue weighted by Crippen LogP contribution is -2.50. The van der Waals surface area contributed by atoms with Crippen molar-refractivity contribution in [3.8, 4) is 0 Å². The van der Waals surface area contributed by atoms with Crippen LogP contribution in [0.25, 0.3) is 0 Å². The van der Waals surface area contributed by atoms with Crippen LogP contribution in [0.3, 0.4) is 0 Å². The fraction of sp³-hybridized carbons (Fsp3) is 0.963. The maximum Gasteiger partial charge on any atom is 0.164 e. The first kappa shape index (κ1) is 30.6. The molecular weight excluding hydrogens is 388 g/mol. The van der Waals surface area contributed by atoms with Gasteiger partial charge in [-0.05, 0) is 12.8 Å². The Bertz CT molecular complexity index is 399. The molecule has 0 heterocycles. The Morgan fingerprint density at radius 2 is 1.00 bits per heavy atom. The smallest absolute Gasteiger partial charge is 0.164 e. The van der Waals surface area contributed by atoms with Crippen LogP contribution in [0.15, 0.2) is 0 Å². The van der Waals surface area contributed by atoms with Gasteiger partial charge in [0.15, 0.2) is 5.78 Å². The fourth-order valence-corrected chi connectivity index (χ4v) is 4.27. The van der Waals surface area contributed by atoms with Crippen LogP contribution in [-0.4, -0.2) is 39.4 Å². The zero-order valence-corrected chi connectivity index (χ0v) is 20.9. The maximum atomic E-state index is 12.2. The summed E-state index contributed by atoms with van der Waals surface area (Å²) < 4.78 is 0. The molecule has 0 aromatic heterocycles. The van der Waals surface area contributed by atoms with Crippen molar-refractivity contribution in [2.75, 3.05) is 6.61 Å². The number of rotatable bonds is 24. The van der Waals surface area contributed by atoms with Crippen molar-refractivity contribution in [1.82, 2.24) is 0 Å². The van der Waals surface area contributed by atoms with Gasteiger partial charge in [0.25, 0.3) is 0 Å². The molecule has 0 saturated carbocycles. The third-order valence-electron chi connectivity index (χ3n) is 6.58. The molecule has 0 bridgehead atoms. The van der Waals surface area contributed by atoms with E-state index in [1.807, 2.05) is 0 Å². The lowest BCUT2D eigenvalue weighted by Gasteiger charge is -2.30. The standard InChI is InChI=1S/C27H54O4/c1-3-5-7-9-10-11-12-13-14-15-16-17-19-21-23-27(31,24-28)26(30)25(29)22-20-18-8-6-4-2/h26,28,30-31H,3-24H2,1-2H3. The molecule has 0 rings (SSSR count). The lowest BCUT2D eigenvalue weighted by atomic mass is 9.87. The van der Waals surface area contributed by atoms with E-state index in [-0.39, 0.29) is 18.6 Å². The van der Waals surface area contributed by atoms with Crippen molar-refractivity contribution in [2.24, 2.45) is 0 Å². The SMILES string of the molecule is CCCCCCCCCCCCCCCCC(O)(CO)C(O)C(=O)CCCCCCC. The summed E-state index contributed by atoms with van der Waals surface area (Å²) in [6.07, 6.45) is 21.8. The van der Waals surface area contributed by atoms with Crippen molar-refractivity contribution in [3.63, 3.8) is 0 Å². The van der Waals surface area contributed by atoms with Crippen molar-refractivity contribution >= 4 is 5.78 Å². The molecular formula is C27H54O4. The van der Waals surface area contributed by atoms with Crippen molar-refractivity contribution in [1.29, 1.82) is 0 Å². The Labute approximate surface area is 193 Å². The average molecular weight is 443 g/mol. The van der Waals surface area contributed by atoms with Gasteiger partial charge in [-0.2, -0.15) is 0 Å². The van der Waals surface area contributed by atoms with Gasteiger partial charge in [0, 0.05) is 6.42 Å². The van der Waals surface area contributed by atoms with Gasteiger partial charge in [-0.1, -0.05) is 129 Å². The summed E-state index contributed by atoms with van der Waals surface area (Å²) in [7, 11) is 0. The highest BCUT2D eigenvalue weighted by atomic mass is 16.4. The molecule has 0 aliphatic carbocycles. The lowest BCUT2D eigenvalue weighted by molar-refractivity contribution is -0.151. The van der Waals surface area contributed by atoms with E-state index >= 15 is 0 Å². The summed E-state index contributed by atoms with van der Waals surface area (Å²) in [4.78, 5) is 12.2. The molecule has 31 heavy (non-hydrogen) atoms. The molecule has 0 aliphatic rings. The van der Waals surface area contributed by atoms with Gasteiger partial charge in [0.1, 0.15) is 11.7 Å². The first-order chi connectivity index (χ1) is 15.0. The summed E-state index contributed by atoms with van der Waals surface area (Å²) >= 11 is 0. The molecule has 0 fully saturated rings. The molecule has 2 atom stereocenters. The summed E-state index contributed by atoms with van der Waals surface area (Å²) in [6, 6.07) is 0. The number of unbranched alkanes of at least 4 members (excludes halogenated alkanes) is 17. The predicted molar refractivity (Wildman–Crippen MR) is 131 cm³/mol. The molecule has 4 nitrogen and oxygen atoms in total. The van der Waals surface area contributed by atoms with E-state index < -0.39 is 18.3 Å². The molecule has 186 valence electrons. The van der Waals surface area contributed by atoms with E-state index in [0.29, 0.717) is 0 Å². The van der Waals surface area contributed by atoms with E-state index in [0.717, 1.165) is 51.4 Å². The van der Waals surface area contributed by atoms with E-state index in [4.69, 9.17) is 0 Å². The van der Waals surface area contributed by atoms with Crippen LogP contribution in [0.2, 0.25) is 0 Å². The van der Waals surface area contributed by atoms with Crippen LogP contribution in [0.4, 0.5) is 0 Å². The normalized spacial score (nSPS) is 14.5. The molecule has 0 amide bonds. The minimum atomic E-state index is -1.68. The van der Waals surface area contributed by atoms with Crippen LogP contribution < -0.4 is 0 Å². The number of Topliss-reactive ketones (excluding diaryl/α,β-unsaturated/α-hetero) is 1. The Kier molecular flexibility index (Phi) is 21.1. The van der Waals surface area contributed by atoms with E-state index in [2.05, 4.69) is 13.8 Å². The van der Waals surface area contributed by atoms with Crippen LogP contribution in [0, 0.1) is 0 Å². The molecule has 0 aliphatic heterocycles. The number of carbonyl (C=O) groups excluding carboxylic acids is 1. The molecule has 4 heteroatoms. The third kappa shape index (κ3) is 16.8. The predicted octanol–water partition coefficient (Wildman–Crippen LogP) is 6.87. The van der Waals surface area contributed by atoms with Gasteiger partial charge in [-0.3, -0.25) is 4.79 Å². The highest BCUT2D eigenvalue weighted by Gasteiger charge is 2.38. The van der Waals surface area contributed by atoms with Gasteiger partial charge >= 0.3 is 0 Å². The van der Waals surface area contributed by atoms with E-state index in [1.165, 1.54) is 70.6 Å². The number of ketones is 1. The number of hydrogen-bond donors (Lipinski definition) is 3. The first-order valence-electron chi connectivity index (χ1n) is 13.6. The summed E-state index contributed by atoms with van der Waals surface area (Å²) in [5, 5.41) is 30.4. The summed E-state index contributed by atoms with van der Waals surface area (Å²) in [5.41, 5.74) is -1.68. The van der Waals surface area contributed by atoms with Crippen LogP contribution in [-0.2, 0) is 4.79 Å². The summed E-state index contributed by atoms with van der Waals surface area (Å²) in [5.74, 6) is -0.335. The second-order valence-corrected chi connectivity index (χ2v) is 9.64. The fourth-order valence-electron chi connectivity index (χ4n) is 4.27. The average Bonchev–Trinajstić information content (AvgIpc) is 2.78. The highest BCUT2D eigenvalue weighted by Crippen LogP contribution is 2.22. The Balaban J connectivity index is 3.74. The van der Waals surface area contributed by atoms with Crippen LogP contribution in [0.1, 0.15) is 149 Å².